The molecule has 0 aliphatic carbocycles. The quantitative estimate of drug-likeness (QED) is 0.833. The van der Waals surface area contributed by atoms with Crippen LogP contribution in [0.25, 0.3) is 0 Å². The number of hydrogen-bond donors (Lipinski definition) is 1. The molecule has 0 aromatic heterocycles. The fourth-order valence-electron chi connectivity index (χ4n) is 1.53. The minimum atomic E-state index is -2.57. The Balaban J connectivity index is 2.90. The Morgan fingerprint density at radius 2 is 2.06 bits per heavy atom. The zero-order valence-corrected chi connectivity index (χ0v) is 9.84. The largest absolute Gasteiger partial charge is 0.494 e. The first-order valence-electron chi connectivity index (χ1n) is 5.45. The topological polar surface area (TPSA) is 21.3 Å². The van der Waals surface area contributed by atoms with Crippen LogP contribution in [-0.4, -0.2) is 20.1 Å². The molecule has 0 radical (unpaired) electrons. The van der Waals surface area contributed by atoms with Crippen LogP contribution < -0.4 is 10.1 Å². The van der Waals surface area contributed by atoms with E-state index in [1.54, 1.807) is 0 Å². The standard InChI is InChI=1S/C12H16F3NO/c1-3-6-16-11(12(14)15)8-4-5-10(17-2)9(13)7-8/h4-5,7,11-12,16H,3,6H2,1-2H3. The van der Waals surface area contributed by atoms with Crippen molar-refractivity contribution in [2.45, 2.75) is 25.8 Å². The third kappa shape index (κ3) is 3.63. The van der Waals surface area contributed by atoms with Gasteiger partial charge in [-0.25, -0.2) is 13.2 Å². The number of methoxy groups -OCH3 is 1. The van der Waals surface area contributed by atoms with Crippen molar-refractivity contribution in [3.05, 3.63) is 29.6 Å². The summed E-state index contributed by atoms with van der Waals surface area (Å²) in [4.78, 5) is 0. The molecule has 1 rings (SSSR count). The van der Waals surface area contributed by atoms with Gasteiger partial charge in [0.05, 0.1) is 13.2 Å². The highest BCUT2D eigenvalue weighted by Crippen LogP contribution is 2.25. The van der Waals surface area contributed by atoms with E-state index in [0.717, 1.165) is 12.5 Å². The number of alkyl halides is 2. The van der Waals surface area contributed by atoms with E-state index in [2.05, 4.69) is 5.32 Å². The molecule has 0 amide bonds. The van der Waals surface area contributed by atoms with Gasteiger partial charge in [-0.1, -0.05) is 13.0 Å². The number of hydrogen-bond acceptors (Lipinski definition) is 2. The molecule has 0 heterocycles. The first-order chi connectivity index (χ1) is 8.10. The average Bonchev–Trinajstić information content (AvgIpc) is 2.29. The molecule has 0 saturated carbocycles. The Hall–Kier alpha value is -1.23. The summed E-state index contributed by atoms with van der Waals surface area (Å²) in [5.41, 5.74) is 0.228. The molecule has 0 spiro atoms. The fraction of sp³-hybridized carbons (Fsp3) is 0.500. The third-order valence-corrected chi connectivity index (χ3v) is 2.40. The Morgan fingerprint density at radius 3 is 2.53 bits per heavy atom. The molecule has 5 heteroatoms. The van der Waals surface area contributed by atoms with E-state index >= 15 is 0 Å². The monoisotopic (exact) mass is 247 g/mol. The summed E-state index contributed by atoms with van der Waals surface area (Å²) in [6.45, 7) is 2.34. The van der Waals surface area contributed by atoms with Crippen LogP contribution in [0.15, 0.2) is 18.2 Å². The maximum absolute atomic E-state index is 13.4. The second-order valence-corrected chi connectivity index (χ2v) is 3.66. The lowest BCUT2D eigenvalue weighted by atomic mass is 10.1. The number of halogens is 3. The highest BCUT2D eigenvalue weighted by atomic mass is 19.3. The van der Waals surface area contributed by atoms with Gasteiger partial charge in [-0.15, -0.1) is 0 Å². The van der Waals surface area contributed by atoms with E-state index in [1.807, 2.05) is 6.92 Å². The second-order valence-electron chi connectivity index (χ2n) is 3.66. The van der Waals surface area contributed by atoms with Crippen molar-refractivity contribution >= 4 is 0 Å². The molecule has 1 atom stereocenters. The van der Waals surface area contributed by atoms with E-state index in [-0.39, 0.29) is 11.3 Å². The maximum Gasteiger partial charge on any atom is 0.257 e. The number of nitrogens with one attached hydrogen (secondary N) is 1. The highest BCUT2D eigenvalue weighted by molar-refractivity contribution is 5.31. The van der Waals surface area contributed by atoms with E-state index in [1.165, 1.54) is 19.2 Å². The van der Waals surface area contributed by atoms with Crippen LogP contribution in [0.2, 0.25) is 0 Å². The molecule has 96 valence electrons. The van der Waals surface area contributed by atoms with Gasteiger partial charge in [0, 0.05) is 0 Å². The smallest absolute Gasteiger partial charge is 0.257 e. The van der Waals surface area contributed by atoms with Crippen molar-refractivity contribution in [2.24, 2.45) is 0 Å². The number of ether oxygens (including phenoxy) is 1. The molecule has 1 unspecified atom stereocenters. The van der Waals surface area contributed by atoms with Gasteiger partial charge in [0.2, 0.25) is 0 Å². The van der Waals surface area contributed by atoms with Crippen LogP contribution in [0.5, 0.6) is 5.75 Å². The molecule has 0 saturated heterocycles. The van der Waals surface area contributed by atoms with E-state index in [4.69, 9.17) is 4.74 Å². The summed E-state index contributed by atoms with van der Waals surface area (Å²) in [6, 6.07) is 2.74. The normalized spacial score (nSPS) is 12.8. The average molecular weight is 247 g/mol. The predicted octanol–water partition coefficient (Wildman–Crippen LogP) is 3.14. The summed E-state index contributed by atoms with van der Waals surface area (Å²) in [6.07, 6.45) is -1.84. The molecule has 0 bridgehead atoms. The minimum absolute atomic E-state index is 0.0530. The maximum atomic E-state index is 13.4. The molecular weight excluding hydrogens is 231 g/mol. The molecule has 0 aliphatic heterocycles. The Bertz CT molecular complexity index is 358. The van der Waals surface area contributed by atoms with Crippen molar-refractivity contribution in [3.63, 3.8) is 0 Å². The fourth-order valence-corrected chi connectivity index (χ4v) is 1.53. The third-order valence-electron chi connectivity index (χ3n) is 2.40. The van der Waals surface area contributed by atoms with Crippen molar-refractivity contribution in [3.8, 4) is 5.75 Å². The lowest BCUT2D eigenvalue weighted by Gasteiger charge is -2.18. The van der Waals surface area contributed by atoms with E-state index < -0.39 is 18.3 Å². The van der Waals surface area contributed by atoms with E-state index in [9.17, 15) is 13.2 Å². The summed E-state index contributed by atoms with van der Waals surface area (Å²) in [5, 5.41) is 2.69. The SMILES string of the molecule is CCCNC(c1ccc(OC)c(F)c1)C(F)F. The van der Waals surface area contributed by atoms with Gasteiger partial charge in [0.25, 0.3) is 6.43 Å². The lowest BCUT2D eigenvalue weighted by Crippen LogP contribution is -2.28. The molecule has 0 aliphatic rings. The molecule has 17 heavy (non-hydrogen) atoms. The second kappa shape index (κ2) is 6.49. The Labute approximate surface area is 98.8 Å². The van der Waals surface area contributed by atoms with Crippen molar-refractivity contribution < 1.29 is 17.9 Å². The Kier molecular flexibility index (Phi) is 5.28. The van der Waals surface area contributed by atoms with Gasteiger partial charge in [-0.3, -0.25) is 0 Å². The zero-order valence-electron chi connectivity index (χ0n) is 9.84. The molecule has 1 aromatic rings. The van der Waals surface area contributed by atoms with Crippen LogP contribution in [-0.2, 0) is 0 Å². The van der Waals surface area contributed by atoms with Crippen LogP contribution >= 0.6 is 0 Å². The summed E-state index contributed by atoms with van der Waals surface area (Å²) in [5.74, 6) is -0.578. The van der Waals surface area contributed by atoms with Crippen molar-refractivity contribution in [1.29, 1.82) is 0 Å². The van der Waals surface area contributed by atoms with Crippen molar-refractivity contribution in [1.82, 2.24) is 5.32 Å². The van der Waals surface area contributed by atoms with E-state index in [0.29, 0.717) is 6.54 Å². The lowest BCUT2D eigenvalue weighted by molar-refractivity contribution is 0.0983. The molecule has 1 N–H and O–H groups in total. The Morgan fingerprint density at radius 1 is 1.35 bits per heavy atom. The zero-order chi connectivity index (χ0) is 12.8. The van der Waals surface area contributed by atoms with Gasteiger partial charge >= 0.3 is 0 Å². The summed E-state index contributed by atoms with van der Waals surface area (Å²) >= 11 is 0. The van der Waals surface area contributed by atoms with Crippen molar-refractivity contribution in [2.75, 3.05) is 13.7 Å². The highest BCUT2D eigenvalue weighted by Gasteiger charge is 2.22. The summed E-state index contributed by atoms with van der Waals surface area (Å²) in [7, 11) is 1.33. The minimum Gasteiger partial charge on any atom is -0.494 e. The van der Waals surface area contributed by atoms with Crippen LogP contribution in [0.1, 0.15) is 24.9 Å². The van der Waals surface area contributed by atoms with Gasteiger partial charge in [0.1, 0.15) is 0 Å². The number of benzene rings is 1. The van der Waals surface area contributed by atoms with Crippen LogP contribution in [0.3, 0.4) is 0 Å². The first-order valence-corrected chi connectivity index (χ1v) is 5.45. The summed E-state index contributed by atoms with van der Waals surface area (Å²) < 4.78 is 43.7. The van der Waals surface area contributed by atoms with Gasteiger partial charge in [0.15, 0.2) is 11.6 Å². The first kappa shape index (κ1) is 13.8. The molecular formula is C12H16F3NO. The molecule has 2 nitrogen and oxygen atoms in total. The molecule has 1 aromatic carbocycles. The number of rotatable bonds is 6. The van der Waals surface area contributed by atoms with Gasteiger partial charge in [-0.2, -0.15) is 0 Å². The predicted molar refractivity (Wildman–Crippen MR) is 60.0 cm³/mol. The van der Waals surface area contributed by atoms with Crippen LogP contribution in [0.4, 0.5) is 13.2 Å². The van der Waals surface area contributed by atoms with Gasteiger partial charge in [-0.05, 0) is 30.7 Å². The molecule has 0 fully saturated rings. The van der Waals surface area contributed by atoms with Crippen LogP contribution in [0, 0.1) is 5.82 Å². The van der Waals surface area contributed by atoms with Gasteiger partial charge < -0.3 is 10.1 Å².